The van der Waals surface area contributed by atoms with Crippen molar-refractivity contribution in [3.05, 3.63) is 22.8 Å². The molecule has 0 atom stereocenters. The largest absolute Gasteiger partial charge is 0.254 e. The highest BCUT2D eigenvalue weighted by Gasteiger charge is 2.22. The van der Waals surface area contributed by atoms with E-state index >= 15 is 0 Å². The first-order chi connectivity index (χ1) is 6.20. The smallest absolute Gasteiger partial charge is 0.0625 e. The molecule has 13 heavy (non-hydrogen) atoms. The average molecular weight is 176 g/mol. The Kier molecular flexibility index (Phi) is 2.06. The molecule has 2 heteroatoms. The zero-order valence-corrected chi connectivity index (χ0v) is 8.59. The van der Waals surface area contributed by atoms with E-state index in [9.17, 15) is 0 Å². The Balaban J connectivity index is 2.36. The van der Waals surface area contributed by atoms with Gasteiger partial charge in [-0.2, -0.15) is 0 Å². The van der Waals surface area contributed by atoms with Crippen LogP contribution in [0.4, 0.5) is 0 Å². The van der Waals surface area contributed by atoms with Crippen LogP contribution in [0.2, 0.25) is 0 Å². The lowest BCUT2D eigenvalue weighted by molar-refractivity contribution is 0.537. The summed E-state index contributed by atoms with van der Waals surface area (Å²) < 4.78 is 0. The molecule has 2 rings (SSSR count). The summed E-state index contributed by atoms with van der Waals surface area (Å²) in [7, 11) is 0. The van der Waals surface area contributed by atoms with Crippen molar-refractivity contribution in [2.45, 2.75) is 40.0 Å². The fourth-order valence-corrected chi connectivity index (χ4v) is 1.93. The molecule has 0 amide bonds. The first kappa shape index (κ1) is 8.67. The van der Waals surface area contributed by atoms with Gasteiger partial charge in [0.05, 0.1) is 22.8 Å². The molecular formula is C11H16N2. The van der Waals surface area contributed by atoms with Gasteiger partial charge >= 0.3 is 0 Å². The molecule has 1 aliphatic rings. The number of hydrogen-bond acceptors (Lipinski definition) is 2. The second-order valence-corrected chi connectivity index (χ2v) is 3.97. The lowest BCUT2D eigenvalue weighted by atomic mass is 10.1. The van der Waals surface area contributed by atoms with Crippen molar-refractivity contribution in [1.82, 2.24) is 9.97 Å². The van der Waals surface area contributed by atoms with Crippen LogP contribution in [-0.4, -0.2) is 9.97 Å². The molecule has 0 fully saturated rings. The van der Waals surface area contributed by atoms with Crippen molar-refractivity contribution in [2.24, 2.45) is 5.92 Å². The maximum atomic E-state index is 4.59. The summed E-state index contributed by atoms with van der Waals surface area (Å²) in [5, 5.41) is 0. The van der Waals surface area contributed by atoms with Gasteiger partial charge in [0.2, 0.25) is 0 Å². The Hall–Kier alpha value is -0.920. The monoisotopic (exact) mass is 176 g/mol. The van der Waals surface area contributed by atoms with Gasteiger partial charge < -0.3 is 0 Å². The van der Waals surface area contributed by atoms with E-state index in [4.69, 9.17) is 0 Å². The Labute approximate surface area is 79.4 Å². The van der Waals surface area contributed by atoms with Gasteiger partial charge in [0.25, 0.3) is 0 Å². The first-order valence-corrected chi connectivity index (χ1v) is 5.03. The quantitative estimate of drug-likeness (QED) is 0.655. The lowest BCUT2D eigenvalue weighted by Crippen LogP contribution is -1.98. The summed E-state index contributed by atoms with van der Waals surface area (Å²) in [6, 6.07) is 0. The molecule has 0 saturated heterocycles. The van der Waals surface area contributed by atoms with Crippen LogP contribution in [0, 0.1) is 19.8 Å². The summed E-state index contributed by atoms with van der Waals surface area (Å²) >= 11 is 0. The summed E-state index contributed by atoms with van der Waals surface area (Å²) in [6.45, 7) is 6.33. The highest BCUT2D eigenvalue weighted by molar-refractivity contribution is 5.23. The van der Waals surface area contributed by atoms with E-state index in [0.29, 0.717) is 0 Å². The summed E-state index contributed by atoms with van der Waals surface area (Å²) in [6.07, 6.45) is 3.52. The SMILES string of the molecule is CCC1Cc2nc(C)c(C)nc2C1. The average Bonchev–Trinajstić information content (AvgIpc) is 2.48. The van der Waals surface area contributed by atoms with Gasteiger partial charge in [-0.25, -0.2) is 0 Å². The van der Waals surface area contributed by atoms with Gasteiger partial charge in [-0.05, 0) is 32.6 Å². The van der Waals surface area contributed by atoms with Crippen molar-refractivity contribution >= 4 is 0 Å². The Morgan fingerprint density at radius 3 is 1.92 bits per heavy atom. The maximum absolute atomic E-state index is 4.59. The van der Waals surface area contributed by atoms with Crippen LogP contribution in [0.1, 0.15) is 36.1 Å². The molecule has 1 aromatic rings. The Bertz CT molecular complexity index is 300. The van der Waals surface area contributed by atoms with Crippen LogP contribution in [-0.2, 0) is 12.8 Å². The predicted molar refractivity (Wildman–Crippen MR) is 52.7 cm³/mol. The van der Waals surface area contributed by atoms with E-state index in [0.717, 1.165) is 30.1 Å². The second-order valence-electron chi connectivity index (χ2n) is 3.97. The molecule has 0 aromatic carbocycles. The van der Waals surface area contributed by atoms with Crippen molar-refractivity contribution < 1.29 is 0 Å². The number of hydrogen-bond donors (Lipinski definition) is 0. The molecule has 1 heterocycles. The highest BCUT2D eigenvalue weighted by atomic mass is 14.9. The molecule has 0 saturated carbocycles. The van der Waals surface area contributed by atoms with E-state index in [1.54, 1.807) is 0 Å². The number of rotatable bonds is 1. The Morgan fingerprint density at radius 2 is 1.54 bits per heavy atom. The minimum Gasteiger partial charge on any atom is -0.254 e. The number of fused-ring (bicyclic) bond motifs is 1. The molecule has 0 unspecified atom stereocenters. The molecule has 70 valence electrons. The van der Waals surface area contributed by atoms with E-state index in [2.05, 4.69) is 16.9 Å². The second kappa shape index (κ2) is 3.09. The minimum absolute atomic E-state index is 0.788. The van der Waals surface area contributed by atoms with Gasteiger partial charge in [0.15, 0.2) is 0 Å². The molecule has 0 aliphatic heterocycles. The van der Waals surface area contributed by atoms with Crippen LogP contribution in [0.15, 0.2) is 0 Å². The molecule has 1 aliphatic carbocycles. The fourth-order valence-electron chi connectivity index (χ4n) is 1.93. The molecule has 0 bridgehead atoms. The normalized spacial score (nSPS) is 16.2. The van der Waals surface area contributed by atoms with Gasteiger partial charge in [0.1, 0.15) is 0 Å². The highest BCUT2D eigenvalue weighted by Crippen LogP contribution is 2.26. The molecular weight excluding hydrogens is 160 g/mol. The van der Waals surface area contributed by atoms with E-state index in [-0.39, 0.29) is 0 Å². The van der Waals surface area contributed by atoms with Crippen molar-refractivity contribution in [1.29, 1.82) is 0 Å². The zero-order valence-electron chi connectivity index (χ0n) is 8.59. The molecule has 0 radical (unpaired) electrons. The predicted octanol–water partition coefficient (Wildman–Crippen LogP) is 2.22. The molecule has 0 N–H and O–H groups in total. The lowest BCUT2D eigenvalue weighted by Gasteiger charge is -2.01. The van der Waals surface area contributed by atoms with Gasteiger partial charge in [0, 0.05) is 0 Å². The zero-order chi connectivity index (χ0) is 9.42. The fraction of sp³-hybridized carbons (Fsp3) is 0.636. The van der Waals surface area contributed by atoms with Crippen LogP contribution in [0.25, 0.3) is 0 Å². The van der Waals surface area contributed by atoms with E-state index in [1.807, 2.05) is 13.8 Å². The number of aromatic nitrogens is 2. The topological polar surface area (TPSA) is 25.8 Å². The third-order valence-electron chi connectivity index (χ3n) is 3.00. The molecule has 0 spiro atoms. The van der Waals surface area contributed by atoms with Gasteiger partial charge in [-0.3, -0.25) is 9.97 Å². The molecule has 1 aromatic heterocycles. The van der Waals surface area contributed by atoms with E-state index in [1.165, 1.54) is 17.8 Å². The van der Waals surface area contributed by atoms with Gasteiger partial charge in [-0.15, -0.1) is 0 Å². The third-order valence-corrected chi connectivity index (χ3v) is 3.00. The maximum Gasteiger partial charge on any atom is 0.0625 e. The summed E-state index contributed by atoms with van der Waals surface area (Å²) in [5.74, 6) is 0.788. The van der Waals surface area contributed by atoms with Gasteiger partial charge in [-0.1, -0.05) is 13.3 Å². The summed E-state index contributed by atoms with van der Waals surface area (Å²) in [5.41, 5.74) is 4.68. The van der Waals surface area contributed by atoms with Crippen LogP contribution < -0.4 is 0 Å². The molecule has 2 nitrogen and oxygen atoms in total. The van der Waals surface area contributed by atoms with Crippen LogP contribution >= 0.6 is 0 Å². The summed E-state index contributed by atoms with van der Waals surface area (Å²) in [4.78, 5) is 9.18. The van der Waals surface area contributed by atoms with Crippen molar-refractivity contribution in [3.8, 4) is 0 Å². The Morgan fingerprint density at radius 1 is 1.08 bits per heavy atom. The minimum atomic E-state index is 0.788. The third kappa shape index (κ3) is 1.45. The van der Waals surface area contributed by atoms with Crippen molar-refractivity contribution in [2.75, 3.05) is 0 Å². The number of nitrogens with zero attached hydrogens (tertiary/aromatic N) is 2. The van der Waals surface area contributed by atoms with Crippen LogP contribution in [0.5, 0.6) is 0 Å². The standard InChI is InChI=1S/C11H16N2/c1-4-9-5-10-11(6-9)13-8(3)7(2)12-10/h9H,4-6H2,1-3H3. The van der Waals surface area contributed by atoms with E-state index < -0.39 is 0 Å². The van der Waals surface area contributed by atoms with Crippen molar-refractivity contribution in [3.63, 3.8) is 0 Å². The number of aryl methyl sites for hydroxylation is 2. The first-order valence-electron chi connectivity index (χ1n) is 5.03. The van der Waals surface area contributed by atoms with Crippen LogP contribution in [0.3, 0.4) is 0 Å².